The minimum absolute atomic E-state index is 0.656. The summed E-state index contributed by atoms with van der Waals surface area (Å²) >= 11 is 0. The van der Waals surface area contributed by atoms with Crippen LogP contribution in [0.2, 0.25) is 0 Å². The average Bonchev–Trinajstić information content (AvgIpc) is 3.19. The lowest BCUT2D eigenvalue weighted by atomic mass is 10.2. The Hall–Kier alpha value is -3.22. The summed E-state index contributed by atoms with van der Waals surface area (Å²) < 4.78 is 1.75. The number of aryl methyl sites for hydroxylation is 1. The van der Waals surface area contributed by atoms with Crippen molar-refractivity contribution in [3.05, 3.63) is 59.9 Å². The largest absolute Gasteiger partial charge is 0.364 e. The molecule has 7 heteroatoms. The monoisotopic (exact) mass is 305 g/mol. The molecule has 0 saturated carbocycles. The van der Waals surface area contributed by atoms with Gasteiger partial charge in [-0.1, -0.05) is 30.3 Å². The van der Waals surface area contributed by atoms with E-state index in [2.05, 4.69) is 30.8 Å². The number of hydrogen-bond donors (Lipinski definition) is 2. The van der Waals surface area contributed by atoms with Crippen molar-refractivity contribution >= 4 is 11.5 Å². The smallest absolute Gasteiger partial charge is 0.185 e. The Morgan fingerprint density at radius 3 is 2.74 bits per heavy atom. The lowest BCUT2D eigenvalue weighted by Crippen LogP contribution is -2.05. The van der Waals surface area contributed by atoms with E-state index in [1.165, 1.54) is 0 Å². The molecule has 4 rings (SSSR count). The Balaban J connectivity index is 1.66. The van der Waals surface area contributed by atoms with Gasteiger partial charge in [0.1, 0.15) is 5.82 Å². The summed E-state index contributed by atoms with van der Waals surface area (Å²) in [6, 6.07) is 13.7. The van der Waals surface area contributed by atoms with Gasteiger partial charge in [-0.15, -0.1) is 15.3 Å². The second-order valence-electron chi connectivity index (χ2n) is 5.25. The van der Waals surface area contributed by atoms with Gasteiger partial charge in [-0.25, -0.2) is 0 Å². The third-order valence-corrected chi connectivity index (χ3v) is 3.69. The average molecular weight is 305 g/mol. The maximum Gasteiger partial charge on any atom is 0.185 e. The highest BCUT2D eigenvalue weighted by molar-refractivity contribution is 5.59. The number of rotatable bonds is 4. The minimum atomic E-state index is 0.656. The molecule has 7 nitrogen and oxygen atoms in total. The summed E-state index contributed by atoms with van der Waals surface area (Å²) in [6.07, 6.45) is 1.81. The molecule has 23 heavy (non-hydrogen) atoms. The topological polar surface area (TPSA) is 83.8 Å². The highest BCUT2D eigenvalue weighted by Crippen LogP contribution is 2.18. The van der Waals surface area contributed by atoms with Gasteiger partial charge in [-0.3, -0.25) is 5.10 Å². The highest BCUT2D eigenvalue weighted by atomic mass is 15.4. The Kier molecular flexibility index (Phi) is 3.23. The summed E-state index contributed by atoms with van der Waals surface area (Å²) in [7, 11) is 0. The van der Waals surface area contributed by atoms with Crippen LogP contribution < -0.4 is 5.32 Å². The predicted molar refractivity (Wildman–Crippen MR) is 86.9 cm³/mol. The molecule has 3 heterocycles. The van der Waals surface area contributed by atoms with Crippen molar-refractivity contribution in [2.75, 3.05) is 5.32 Å². The summed E-state index contributed by atoms with van der Waals surface area (Å²) in [6.45, 7) is 2.65. The molecule has 4 aromatic rings. The van der Waals surface area contributed by atoms with Gasteiger partial charge in [0, 0.05) is 23.4 Å². The lowest BCUT2D eigenvalue weighted by molar-refractivity contribution is 0.924. The molecule has 0 bridgehead atoms. The standard InChI is InChI=1S/C16H15N7/c1-11-13(10-18-19-11)9-17-14-7-8-15-20-21-16(23(15)22-14)12-5-3-2-4-6-12/h2-8,10H,9H2,1H3,(H,17,22)(H,18,19). The molecular weight excluding hydrogens is 290 g/mol. The number of aromatic amines is 1. The van der Waals surface area contributed by atoms with Gasteiger partial charge >= 0.3 is 0 Å². The van der Waals surface area contributed by atoms with Crippen LogP contribution in [0.1, 0.15) is 11.3 Å². The van der Waals surface area contributed by atoms with Crippen molar-refractivity contribution < 1.29 is 0 Å². The molecule has 114 valence electrons. The van der Waals surface area contributed by atoms with E-state index in [0.717, 1.165) is 28.5 Å². The van der Waals surface area contributed by atoms with Crippen LogP contribution in [0.4, 0.5) is 5.82 Å². The lowest BCUT2D eigenvalue weighted by Gasteiger charge is -2.06. The quantitative estimate of drug-likeness (QED) is 0.605. The molecule has 2 N–H and O–H groups in total. The minimum Gasteiger partial charge on any atom is -0.364 e. The van der Waals surface area contributed by atoms with Crippen LogP contribution in [0, 0.1) is 6.92 Å². The first-order chi connectivity index (χ1) is 11.3. The zero-order valence-electron chi connectivity index (χ0n) is 12.6. The zero-order valence-corrected chi connectivity index (χ0v) is 12.6. The van der Waals surface area contributed by atoms with E-state index >= 15 is 0 Å². The van der Waals surface area contributed by atoms with E-state index in [1.54, 1.807) is 4.52 Å². The van der Waals surface area contributed by atoms with E-state index in [9.17, 15) is 0 Å². The van der Waals surface area contributed by atoms with Gasteiger partial charge in [0.2, 0.25) is 0 Å². The molecule has 1 aromatic carbocycles. The van der Waals surface area contributed by atoms with Crippen molar-refractivity contribution in [3.8, 4) is 11.4 Å². The molecule has 0 unspecified atom stereocenters. The molecule has 0 radical (unpaired) electrons. The Labute approximate surface area is 132 Å². The van der Waals surface area contributed by atoms with E-state index < -0.39 is 0 Å². The van der Waals surface area contributed by atoms with Crippen molar-refractivity contribution in [2.45, 2.75) is 13.5 Å². The van der Waals surface area contributed by atoms with E-state index in [0.29, 0.717) is 12.2 Å². The van der Waals surface area contributed by atoms with Crippen molar-refractivity contribution in [1.29, 1.82) is 0 Å². The second-order valence-corrected chi connectivity index (χ2v) is 5.25. The molecule has 0 atom stereocenters. The van der Waals surface area contributed by atoms with Crippen LogP contribution in [0.3, 0.4) is 0 Å². The maximum atomic E-state index is 4.59. The number of nitrogens with zero attached hydrogens (tertiary/aromatic N) is 5. The van der Waals surface area contributed by atoms with Crippen LogP contribution in [-0.2, 0) is 6.54 Å². The third-order valence-electron chi connectivity index (χ3n) is 3.69. The van der Waals surface area contributed by atoms with Crippen molar-refractivity contribution in [2.24, 2.45) is 0 Å². The third kappa shape index (κ3) is 2.52. The molecule has 0 aliphatic heterocycles. The zero-order chi connectivity index (χ0) is 15.6. The molecule has 0 fully saturated rings. The number of fused-ring (bicyclic) bond motifs is 1. The van der Waals surface area contributed by atoms with Gasteiger partial charge in [0.15, 0.2) is 11.5 Å². The van der Waals surface area contributed by atoms with Crippen LogP contribution in [0.25, 0.3) is 17.0 Å². The molecule has 0 amide bonds. The van der Waals surface area contributed by atoms with Gasteiger partial charge in [0.25, 0.3) is 0 Å². The molecule has 0 saturated heterocycles. The van der Waals surface area contributed by atoms with E-state index in [-0.39, 0.29) is 0 Å². The van der Waals surface area contributed by atoms with Crippen LogP contribution in [-0.4, -0.2) is 30.0 Å². The van der Waals surface area contributed by atoms with Gasteiger partial charge < -0.3 is 5.32 Å². The van der Waals surface area contributed by atoms with E-state index in [1.807, 2.05) is 55.6 Å². The summed E-state index contributed by atoms with van der Waals surface area (Å²) in [5.74, 6) is 1.49. The number of benzene rings is 1. The fourth-order valence-electron chi connectivity index (χ4n) is 2.39. The Morgan fingerprint density at radius 2 is 1.96 bits per heavy atom. The number of aromatic nitrogens is 6. The van der Waals surface area contributed by atoms with Gasteiger partial charge in [-0.05, 0) is 19.1 Å². The number of hydrogen-bond acceptors (Lipinski definition) is 5. The summed E-state index contributed by atoms with van der Waals surface area (Å²) in [5, 5.41) is 23.2. The molecule has 0 aliphatic carbocycles. The maximum absolute atomic E-state index is 4.59. The summed E-state index contributed by atoms with van der Waals surface area (Å²) in [5.41, 5.74) is 3.86. The second kappa shape index (κ2) is 5.53. The van der Waals surface area contributed by atoms with E-state index in [4.69, 9.17) is 0 Å². The van der Waals surface area contributed by atoms with Gasteiger partial charge in [0.05, 0.1) is 6.20 Å². The van der Waals surface area contributed by atoms with Crippen molar-refractivity contribution in [3.63, 3.8) is 0 Å². The summed E-state index contributed by atoms with van der Waals surface area (Å²) in [4.78, 5) is 0. The predicted octanol–water partition coefficient (Wildman–Crippen LogP) is 2.43. The first-order valence-corrected chi connectivity index (χ1v) is 7.32. The van der Waals surface area contributed by atoms with Crippen LogP contribution in [0.5, 0.6) is 0 Å². The fourth-order valence-corrected chi connectivity index (χ4v) is 2.39. The molecule has 3 aromatic heterocycles. The molecule has 0 aliphatic rings. The first-order valence-electron chi connectivity index (χ1n) is 7.32. The SMILES string of the molecule is Cc1[nH]ncc1CNc1ccc2nnc(-c3ccccc3)n2n1. The van der Waals surface area contributed by atoms with Crippen molar-refractivity contribution in [1.82, 2.24) is 30.0 Å². The fraction of sp³-hybridized carbons (Fsp3) is 0.125. The Bertz CT molecular complexity index is 939. The molecular formula is C16H15N7. The van der Waals surface area contributed by atoms with Gasteiger partial charge in [-0.2, -0.15) is 9.61 Å². The van der Waals surface area contributed by atoms with Crippen LogP contribution >= 0.6 is 0 Å². The normalized spacial score (nSPS) is 11.0. The van der Waals surface area contributed by atoms with Crippen LogP contribution in [0.15, 0.2) is 48.7 Å². The highest BCUT2D eigenvalue weighted by Gasteiger charge is 2.09. The molecule has 0 spiro atoms. The number of anilines is 1. The number of nitrogens with one attached hydrogen (secondary N) is 2. The number of H-pyrrole nitrogens is 1. The first kappa shape index (κ1) is 13.4. The Morgan fingerprint density at radius 1 is 1.09 bits per heavy atom.